The van der Waals surface area contributed by atoms with Crippen LogP contribution in [0, 0.1) is 5.92 Å². The minimum Gasteiger partial charge on any atom is -0.338 e. The molecule has 0 aliphatic carbocycles. The van der Waals surface area contributed by atoms with E-state index in [1.807, 2.05) is 0 Å². The molecule has 1 amide bonds. The molecule has 20 heavy (non-hydrogen) atoms. The lowest BCUT2D eigenvalue weighted by atomic mass is 10.1. The Morgan fingerprint density at radius 1 is 1.35 bits per heavy atom. The highest BCUT2D eigenvalue weighted by Crippen LogP contribution is 2.30. The first-order valence-corrected chi connectivity index (χ1v) is 6.04. The highest BCUT2D eigenvalue weighted by Gasteiger charge is 2.31. The van der Waals surface area contributed by atoms with E-state index in [4.69, 9.17) is 5.73 Å². The summed E-state index contributed by atoms with van der Waals surface area (Å²) >= 11 is 0. The molecule has 7 heteroatoms. The van der Waals surface area contributed by atoms with Crippen LogP contribution in [0.25, 0.3) is 0 Å². The van der Waals surface area contributed by atoms with Gasteiger partial charge in [-0.25, -0.2) is 0 Å². The summed E-state index contributed by atoms with van der Waals surface area (Å²) in [5.74, 6) is 0.0613. The van der Waals surface area contributed by atoms with Gasteiger partial charge in [0.15, 0.2) is 0 Å². The van der Waals surface area contributed by atoms with Crippen molar-refractivity contribution in [2.75, 3.05) is 13.1 Å². The van der Waals surface area contributed by atoms with E-state index in [1.54, 1.807) is 11.0 Å². The van der Waals surface area contributed by atoms with Crippen molar-refractivity contribution in [1.82, 2.24) is 4.90 Å². The van der Waals surface area contributed by atoms with E-state index in [0.717, 1.165) is 12.1 Å². The van der Waals surface area contributed by atoms with Crippen LogP contribution in [0.5, 0.6) is 0 Å². The molecule has 1 aromatic carbocycles. The third kappa shape index (κ3) is 3.86. The zero-order valence-electron chi connectivity index (χ0n) is 10.7. The van der Waals surface area contributed by atoms with Crippen molar-refractivity contribution in [2.24, 2.45) is 11.7 Å². The molecule has 1 saturated heterocycles. The molecule has 0 saturated carbocycles. The summed E-state index contributed by atoms with van der Waals surface area (Å²) in [5, 5.41) is 0. The van der Waals surface area contributed by atoms with E-state index in [1.165, 1.54) is 6.07 Å². The summed E-state index contributed by atoms with van der Waals surface area (Å²) in [4.78, 5) is 13.2. The fourth-order valence-electron chi connectivity index (χ4n) is 2.23. The Kier molecular flexibility index (Phi) is 5.42. The standard InChI is InChI=1S/C13H15F3N2O.ClH/c14-13(15,16)11-3-1-2-9(4-11)7-18-8-10(6-17)5-12(18)19;/h1-4,10H,5-8,17H2;1H. The van der Waals surface area contributed by atoms with Crippen LogP contribution >= 0.6 is 12.4 Å². The number of carbonyl (C=O) groups excluding carboxylic acids is 1. The Morgan fingerprint density at radius 2 is 2.05 bits per heavy atom. The van der Waals surface area contributed by atoms with Crippen molar-refractivity contribution in [3.63, 3.8) is 0 Å². The maximum atomic E-state index is 12.6. The fraction of sp³-hybridized carbons (Fsp3) is 0.462. The second kappa shape index (κ2) is 6.45. The first kappa shape index (κ1) is 16.8. The first-order valence-electron chi connectivity index (χ1n) is 6.04. The first-order chi connectivity index (χ1) is 8.90. The van der Waals surface area contributed by atoms with Gasteiger partial charge in [-0.15, -0.1) is 12.4 Å². The van der Waals surface area contributed by atoms with Gasteiger partial charge in [-0.05, 0) is 30.2 Å². The summed E-state index contributed by atoms with van der Waals surface area (Å²) in [5.41, 5.74) is 5.30. The van der Waals surface area contributed by atoms with E-state index < -0.39 is 11.7 Å². The van der Waals surface area contributed by atoms with Crippen LogP contribution in [0.4, 0.5) is 13.2 Å². The topological polar surface area (TPSA) is 46.3 Å². The number of likely N-dealkylation sites (tertiary alicyclic amines) is 1. The molecule has 1 heterocycles. The van der Waals surface area contributed by atoms with E-state index in [2.05, 4.69) is 0 Å². The maximum absolute atomic E-state index is 12.6. The van der Waals surface area contributed by atoms with E-state index >= 15 is 0 Å². The monoisotopic (exact) mass is 308 g/mol. The Balaban J connectivity index is 0.00000200. The zero-order valence-corrected chi connectivity index (χ0v) is 11.5. The zero-order chi connectivity index (χ0) is 14.0. The van der Waals surface area contributed by atoms with Gasteiger partial charge >= 0.3 is 6.18 Å². The third-order valence-electron chi connectivity index (χ3n) is 3.26. The van der Waals surface area contributed by atoms with Crippen molar-refractivity contribution in [3.05, 3.63) is 35.4 Å². The lowest BCUT2D eigenvalue weighted by Gasteiger charge is -2.17. The van der Waals surface area contributed by atoms with Crippen molar-refractivity contribution < 1.29 is 18.0 Å². The van der Waals surface area contributed by atoms with Gasteiger partial charge in [-0.2, -0.15) is 13.2 Å². The normalized spacial score (nSPS) is 19.1. The lowest BCUT2D eigenvalue weighted by Crippen LogP contribution is -2.25. The summed E-state index contributed by atoms with van der Waals surface area (Å²) < 4.78 is 37.7. The van der Waals surface area contributed by atoms with Crippen LogP contribution in [0.1, 0.15) is 17.5 Å². The van der Waals surface area contributed by atoms with Gasteiger partial charge in [0, 0.05) is 19.5 Å². The maximum Gasteiger partial charge on any atom is 0.416 e. The van der Waals surface area contributed by atoms with Crippen molar-refractivity contribution in [3.8, 4) is 0 Å². The van der Waals surface area contributed by atoms with Crippen LogP contribution in [-0.4, -0.2) is 23.9 Å². The van der Waals surface area contributed by atoms with Crippen LogP contribution in [-0.2, 0) is 17.5 Å². The molecule has 1 aliphatic rings. The fourth-order valence-corrected chi connectivity index (χ4v) is 2.23. The minimum absolute atomic E-state index is 0. The van der Waals surface area contributed by atoms with Crippen LogP contribution in [0.15, 0.2) is 24.3 Å². The summed E-state index contributed by atoms with van der Waals surface area (Å²) in [7, 11) is 0. The highest BCUT2D eigenvalue weighted by atomic mass is 35.5. The van der Waals surface area contributed by atoms with Gasteiger partial charge < -0.3 is 10.6 Å². The second-order valence-corrected chi connectivity index (χ2v) is 4.78. The molecule has 2 rings (SSSR count). The van der Waals surface area contributed by atoms with Gasteiger partial charge in [-0.3, -0.25) is 4.79 Å². The molecule has 112 valence electrons. The van der Waals surface area contributed by atoms with E-state index in [9.17, 15) is 18.0 Å². The smallest absolute Gasteiger partial charge is 0.338 e. The Labute approximate surface area is 121 Å². The molecule has 2 N–H and O–H groups in total. The SMILES string of the molecule is Cl.NCC1CC(=O)N(Cc2cccc(C(F)(F)F)c2)C1. The number of benzene rings is 1. The van der Waals surface area contributed by atoms with E-state index in [0.29, 0.717) is 25.1 Å². The number of hydrogen-bond donors (Lipinski definition) is 1. The van der Waals surface area contributed by atoms with Crippen LogP contribution < -0.4 is 5.73 Å². The quantitative estimate of drug-likeness (QED) is 0.932. The second-order valence-electron chi connectivity index (χ2n) is 4.78. The molecule has 1 fully saturated rings. The number of amides is 1. The van der Waals surface area contributed by atoms with Gasteiger partial charge in [0.2, 0.25) is 5.91 Å². The Morgan fingerprint density at radius 3 is 2.60 bits per heavy atom. The molecule has 1 unspecified atom stereocenters. The molecule has 0 spiro atoms. The lowest BCUT2D eigenvalue weighted by molar-refractivity contribution is -0.137. The van der Waals surface area contributed by atoms with Crippen LogP contribution in [0.3, 0.4) is 0 Å². The number of rotatable bonds is 3. The van der Waals surface area contributed by atoms with Crippen molar-refractivity contribution in [2.45, 2.75) is 19.1 Å². The molecule has 0 radical (unpaired) electrons. The minimum atomic E-state index is -4.36. The molecule has 1 aliphatic heterocycles. The van der Waals surface area contributed by atoms with Crippen LogP contribution in [0.2, 0.25) is 0 Å². The number of carbonyl (C=O) groups is 1. The van der Waals surface area contributed by atoms with Crippen molar-refractivity contribution in [1.29, 1.82) is 0 Å². The summed E-state index contributed by atoms with van der Waals surface area (Å²) in [6.07, 6.45) is -3.97. The predicted molar refractivity (Wildman–Crippen MR) is 71.3 cm³/mol. The number of alkyl halides is 3. The molecule has 3 nitrogen and oxygen atoms in total. The Hall–Kier alpha value is -1.27. The molecule has 1 atom stereocenters. The largest absolute Gasteiger partial charge is 0.416 e. The molecule has 1 aromatic rings. The van der Waals surface area contributed by atoms with Gasteiger partial charge in [0.25, 0.3) is 0 Å². The van der Waals surface area contributed by atoms with Gasteiger partial charge in [-0.1, -0.05) is 12.1 Å². The summed E-state index contributed by atoms with van der Waals surface area (Å²) in [6, 6.07) is 5.07. The van der Waals surface area contributed by atoms with E-state index in [-0.39, 0.29) is 30.8 Å². The molecule has 0 aromatic heterocycles. The third-order valence-corrected chi connectivity index (χ3v) is 3.26. The highest BCUT2D eigenvalue weighted by molar-refractivity contribution is 5.85. The van der Waals surface area contributed by atoms with Gasteiger partial charge in [0.05, 0.1) is 5.56 Å². The summed E-state index contributed by atoms with van der Waals surface area (Å²) in [6.45, 7) is 1.15. The predicted octanol–water partition coefficient (Wildman–Crippen LogP) is 2.43. The number of hydrogen-bond acceptors (Lipinski definition) is 2. The average Bonchev–Trinajstić information content (AvgIpc) is 2.70. The molecular weight excluding hydrogens is 293 g/mol. The van der Waals surface area contributed by atoms with Crippen molar-refractivity contribution >= 4 is 18.3 Å². The molecular formula is C13H16ClF3N2O. The van der Waals surface area contributed by atoms with Gasteiger partial charge in [0.1, 0.15) is 0 Å². The average molecular weight is 309 g/mol. The Bertz CT molecular complexity index is 479. The number of nitrogens with two attached hydrogens (primary N) is 1. The number of halogens is 4. The molecule has 0 bridgehead atoms. The number of nitrogens with zero attached hydrogens (tertiary/aromatic N) is 1.